The van der Waals surface area contributed by atoms with Crippen molar-refractivity contribution in [1.82, 2.24) is 5.32 Å². The van der Waals surface area contributed by atoms with Crippen LogP contribution in [0.3, 0.4) is 0 Å². The van der Waals surface area contributed by atoms with E-state index in [0.717, 1.165) is 12.6 Å². The highest BCUT2D eigenvalue weighted by molar-refractivity contribution is 9.10. The van der Waals surface area contributed by atoms with Crippen molar-refractivity contribution in [3.8, 4) is 0 Å². The predicted molar refractivity (Wildman–Crippen MR) is 74.6 cm³/mol. The Morgan fingerprint density at radius 3 is 2.58 bits per heavy atom. The van der Waals surface area contributed by atoms with Gasteiger partial charge >= 0.3 is 0 Å². The molecule has 108 valence electrons. The van der Waals surface area contributed by atoms with Crippen LogP contribution in [-0.2, 0) is 10.0 Å². The minimum atomic E-state index is -3.66. The number of halogens is 3. The van der Waals surface area contributed by atoms with E-state index in [2.05, 4.69) is 26.0 Å². The number of rotatable bonds is 7. The largest absolute Gasteiger partial charge is 0.317 e. The molecule has 2 N–H and O–H groups in total. The van der Waals surface area contributed by atoms with E-state index in [1.54, 1.807) is 0 Å². The minimum absolute atomic E-state index is 0.0280. The van der Waals surface area contributed by atoms with Crippen molar-refractivity contribution < 1.29 is 17.2 Å². The lowest BCUT2D eigenvalue weighted by molar-refractivity contribution is 0.580. The third-order valence-electron chi connectivity index (χ3n) is 2.28. The lowest BCUT2D eigenvalue weighted by atomic mass is 10.3. The second kappa shape index (κ2) is 7.16. The number of hydrogen-bond acceptors (Lipinski definition) is 3. The summed E-state index contributed by atoms with van der Waals surface area (Å²) in [4.78, 5) is 0. The molecule has 0 aromatic heterocycles. The van der Waals surface area contributed by atoms with Crippen LogP contribution in [0.25, 0.3) is 0 Å². The van der Waals surface area contributed by atoms with Gasteiger partial charge in [-0.2, -0.15) is 0 Å². The maximum atomic E-state index is 13.5. The third kappa shape index (κ3) is 5.42. The fourth-order valence-electron chi connectivity index (χ4n) is 1.41. The van der Waals surface area contributed by atoms with Gasteiger partial charge in [0.05, 0.1) is 11.4 Å². The molecule has 0 bridgehead atoms. The zero-order valence-corrected chi connectivity index (χ0v) is 12.7. The summed E-state index contributed by atoms with van der Waals surface area (Å²) in [7, 11) is -3.66. The van der Waals surface area contributed by atoms with Gasteiger partial charge in [-0.3, -0.25) is 4.72 Å². The van der Waals surface area contributed by atoms with Gasteiger partial charge in [-0.05, 0) is 41.5 Å². The van der Waals surface area contributed by atoms with Crippen LogP contribution >= 0.6 is 15.9 Å². The Kier molecular flexibility index (Phi) is 6.15. The summed E-state index contributed by atoms with van der Waals surface area (Å²) in [6.07, 6.45) is 0.406. The number of benzene rings is 1. The van der Waals surface area contributed by atoms with Gasteiger partial charge in [-0.25, -0.2) is 17.2 Å². The van der Waals surface area contributed by atoms with Gasteiger partial charge in [-0.1, -0.05) is 6.92 Å². The van der Waals surface area contributed by atoms with Crippen molar-refractivity contribution in [3.05, 3.63) is 28.2 Å². The van der Waals surface area contributed by atoms with Crippen molar-refractivity contribution in [2.75, 3.05) is 23.6 Å². The molecule has 0 amide bonds. The Morgan fingerprint density at radius 1 is 1.32 bits per heavy atom. The van der Waals surface area contributed by atoms with Gasteiger partial charge in [0.2, 0.25) is 10.0 Å². The molecule has 1 rings (SSSR count). The highest BCUT2D eigenvalue weighted by Crippen LogP contribution is 2.27. The average molecular weight is 357 g/mol. The summed E-state index contributed by atoms with van der Waals surface area (Å²) >= 11 is 2.92. The van der Waals surface area contributed by atoms with E-state index in [1.807, 2.05) is 6.92 Å². The zero-order chi connectivity index (χ0) is 14.5. The SMILES string of the molecule is CCNCCCS(=O)(=O)Nc1c(F)cc(F)cc1Br. The summed E-state index contributed by atoms with van der Waals surface area (Å²) in [5.74, 6) is -1.87. The molecule has 0 unspecified atom stereocenters. The third-order valence-corrected chi connectivity index (χ3v) is 4.25. The second-order valence-corrected chi connectivity index (χ2v) is 6.57. The van der Waals surface area contributed by atoms with Crippen LogP contribution in [0.15, 0.2) is 16.6 Å². The molecule has 0 heterocycles. The van der Waals surface area contributed by atoms with Crippen molar-refractivity contribution in [2.45, 2.75) is 13.3 Å². The van der Waals surface area contributed by atoms with E-state index in [1.165, 1.54) is 0 Å². The quantitative estimate of drug-likeness (QED) is 0.737. The van der Waals surface area contributed by atoms with Gasteiger partial charge in [0.1, 0.15) is 5.82 Å². The highest BCUT2D eigenvalue weighted by atomic mass is 79.9. The molecule has 1 aromatic rings. The first-order chi connectivity index (χ1) is 8.85. The van der Waals surface area contributed by atoms with E-state index in [4.69, 9.17) is 0 Å². The fourth-order valence-corrected chi connectivity index (χ4v) is 3.19. The molecule has 0 aliphatic rings. The molecule has 4 nitrogen and oxygen atoms in total. The van der Waals surface area contributed by atoms with E-state index in [9.17, 15) is 17.2 Å². The Labute approximate surface area is 119 Å². The standard InChI is InChI=1S/C11H15BrF2N2O2S/c1-2-15-4-3-5-19(17,18)16-11-9(12)6-8(13)7-10(11)14/h6-7,15-16H,2-5H2,1H3. The van der Waals surface area contributed by atoms with Gasteiger partial charge < -0.3 is 5.32 Å². The first kappa shape index (κ1) is 16.3. The predicted octanol–water partition coefficient (Wildman–Crippen LogP) is 2.47. The molecule has 0 atom stereocenters. The molecule has 0 aliphatic heterocycles. The number of anilines is 1. The molecule has 1 aromatic carbocycles. The number of nitrogens with one attached hydrogen (secondary N) is 2. The maximum Gasteiger partial charge on any atom is 0.232 e. The molecule has 0 saturated carbocycles. The minimum Gasteiger partial charge on any atom is -0.317 e. The molecule has 0 aliphatic carbocycles. The Balaban J connectivity index is 2.73. The van der Waals surface area contributed by atoms with E-state index in [0.29, 0.717) is 19.0 Å². The molecule has 0 saturated heterocycles. The van der Waals surface area contributed by atoms with E-state index >= 15 is 0 Å². The van der Waals surface area contributed by atoms with Crippen LogP contribution in [0.5, 0.6) is 0 Å². The Bertz CT molecular complexity index is 514. The summed E-state index contributed by atoms with van der Waals surface area (Å²) in [5.41, 5.74) is -0.273. The van der Waals surface area contributed by atoms with Gasteiger partial charge in [0.25, 0.3) is 0 Å². The van der Waals surface area contributed by atoms with Crippen LogP contribution in [0, 0.1) is 11.6 Å². The fraction of sp³-hybridized carbons (Fsp3) is 0.455. The molecular formula is C11H15BrF2N2O2S. The lowest BCUT2D eigenvalue weighted by Gasteiger charge is -2.11. The molecule has 0 radical (unpaired) electrons. The molecule has 0 spiro atoms. The zero-order valence-electron chi connectivity index (χ0n) is 10.3. The summed E-state index contributed by atoms with van der Waals surface area (Å²) < 4.78 is 52.0. The van der Waals surface area contributed by atoms with Crippen molar-refractivity contribution >= 4 is 31.6 Å². The van der Waals surface area contributed by atoms with Crippen LogP contribution in [-0.4, -0.2) is 27.3 Å². The second-order valence-electron chi connectivity index (χ2n) is 3.87. The molecule has 8 heteroatoms. The van der Waals surface area contributed by atoms with E-state index in [-0.39, 0.29) is 15.9 Å². The first-order valence-corrected chi connectivity index (χ1v) is 8.16. The Morgan fingerprint density at radius 2 is 2.00 bits per heavy atom. The van der Waals surface area contributed by atoms with Crippen LogP contribution in [0.4, 0.5) is 14.5 Å². The number of sulfonamides is 1. The molecule has 19 heavy (non-hydrogen) atoms. The van der Waals surface area contributed by atoms with Gasteiger partial charge in [0, 0.05) is 10.5 Å². The average Bonchev–Trinajstić information content (AvgIpc) is 2.29. The van der Waals surface area contributed by atoms with Gasteiger partial charge in [0.15, 0.2) is 5.82 Å². The molecule has 0 fully saturated rings. The topological polar surface area (TPSA) is 58.2 Å². The Hall–Kier alpha value is -0.730. The van der Waals surface area contributed by atoms with Crippen molar-refractivity contribution in [3.63, 3.8) is 0 Å². The monoisotopic (exact) mass is 356 g/mol. The van der Waals surface area contributed by atoms with Crippen LogP contribution < -0.4 is 10.0 Å². The van der Waals surface area contributed by atoms with Gasteiger partial charge in [-0.15, -0.1) is 0 Å². The lowest BCUT2D eigenvalue weighted by Crippen LogP contribution is -2.22. The summed E-state index contributed by atoms with van der Waals surface area (Å²) in [6, 6.07) is 1.63. The smallest absolute Gasteiger partial charge is 0.232 e. The first-order valence-electron chi connectivity index (χ1n) is 5.71. The van der Waals surface area contributed by atoms with Crippen molar-refractivity contribution in [1.29, 1.82) is 0 Å². The molecular weight excluding hydrogens is 342 g/mol. The van der Waals surface area contributed by atoms with Crippen molar-refractivity contribution in [2.24, 2.45) is 0 Å². The van der Waals surface area contributed by atoms with Crippen LogP contribution in [0.2, 0.25) is 0 Å². The summed E-state index contributed by atoms with van der Waals surface area (Å²) in [5, 5.41) is 2.99. The normalized spacial score (nSPS) is 11.6. The number of hydrogen-bond donors (Lipinski definition) is 2. The summed E-state index contributed by atoms with van der Waals surface area (Å²) in [6.45, 7) is 3.23. The maximum absolute atomic E-state index is 13.5. The highest BCUT2D eigenvalue weighted by Gasteiger charge is 2.16. The van der Waals surface area contributed by atoms with Crippen LogP contribution in [0.1, 0.15) is 13.3 Å². The van der Waals surface area contributed by atoms with E-state index < -0.39 is 21.7 Å².